The normalized spacial score (nSPS) is 22.0. The van der Waals surface area contributed by atoms with Gasteiger partial charge in [0.25, 0.3) is 0 Å². The third kappa shape index (κ3) is 3.37. The number of carbonyl (C=O) groups excluding carboxylic acids is 2. The van der Waals surface area contributed by atoms with Crippen LogP contribution in [0, 0.1) is 11.6 Å². The van der Waals surface area contributed by atoms with Gasteiger partial charge in [-0.3, -0.25) is 9.59 Å². The summed E-state index contributed by atoms with van der Waals surface area (Å²) in [7, 11) is 0. The van der Waals surface area contributed by atoms with Crippen LogP contribution in [0.2, 0.25) is 0 Å². The summed E-state index contributed by atoms with van der Waals surface area (Å²) in [5, 5.41) is 2.14. The molecule has 1 saturated heterocycles. The SMILES string of the molecule is CC1CCCC(C)N1C(=O)C(=O)Nc1cc(F)ccc1F. The number of rotatable bonds is 1. The van der Waals surface area contributed by atoms with Gasteiger partial charge in [0, 0.05) is 18.2 Å². The Morgan fingerprint density at radius 2 is 1.81 bits per heavy atom. The Balaban J connectivity index is 2.12. The molecule has 1 aromatic rings. The molecule has 6 heteroatoms. The summed E-state index contributed by atoms with van der Waals surface area (Å²) in [6, 6.07) is 2.63. The van der Waals surface area contributed by atoms with Crippen LogP contribution in [0.1, 0.15) is 33.1 Å². The molecule has 4 nitrogen and oxygen atoms in total. The van der Waals surface area contributed by atoms with Gasteiger partial charge in [-0.15, -0.1) is 0 Å². The molecule has 0 bridgehead atoms. The van der Waals surface area contributed by atoms with E-state index in [9.17, 15) is 18.4 Å². The number of carbonyl (C=O) groups is 2. The van der Waals surface area contributed by atoms with E-state index in [0.29, 0.717) is 0 Å². The molecule has 1 aliphatic rings. The predicted octanol–water partition coefficient (Wildman–Crippen LogP) is 2.69. The van der Waals surface area contributed by atoms with E-state index in [0.717, 1.165) is 37.5 Å². The molecule has 2 amide bonds. The Labute approximate surface area is 122 Å². The Bertz CT molecular complexity index is 553. The number of halogens is 2. The highest BCUT2D eigenvalue weighted by Gasteiger charge is 2.33. The first-order valence-corrected chi connectivity index (χ1v) is 6.99. The fourth-order valence-corrected chi connectivity index (χ4v) is 2.71. The van der Waals surface area contributed by atoms with Gasteiger partial charge >= 0.3 is 11.8 Å². The van der Waals surface area contributed by atoms with E-state index < -0.39 is 23.4 Å². The Hall–Kier alpha value is -1.98. The zero-order chi connectivity index (χ0) is 15.6. The predicted molar refractivity (Wildman–Crippen MR) is 74.6 cm³/mol. The van der Waals surface area contributed by atoms with Crippen LogP contribution in [-0.2, 0) is 9.59 Å². The quantitative estimate of drug-likeness (QED) is 0.810. The monoisotopic (exact) mass is 296 g/mol. The number of piperidine rings is 1. The molecule has 21 heavy (non-hydrogen) atoms. The van der Waals surface area contributed by atoms with E-state index in [1.165, 1.54) is 4.90 Å². The fourth-order valence-electron chi connectivity index (χ4n) is 2.71. The Kier molecular flexibility index (Phi) is 4.55. The van der Waals surface area contributed by atoms with Crippen LogP contribution in [0.15, 0.2) is 18.2 Å². The van der Waals surface area contributed by atoms with E-state index in [2.05, 4.69) is 5.32 Å². The molecule has 1 aromatic carbocycles. The molecule has 2 atom stereocenters. The second-order valence-electron chi connectivity index (χ2n) is 5.42. The van der Waals surface area contributed by atoms with Crippen LogP contribution in [0.5, 0.6) is 0 Å². The van der Waals surface area contributed by atoms with Crippen molar-refractivity contribution < 1.29 is 18.4 Å². The second-order valence-corrected chi connectivity index (χ2v) is 5.42. The van der Waals surface area contributed by atoms with Crippen LogP contribution < -0.4 is 5.32 Å². The van der Waals surface area contributed by atoms with Gasteiger partial charge < -0.3 is 10.2 Å². The summed E-state index contributed by atoms with van der Waals surface area (Å²) >= 11 is 0. The summed E-state index contributed by atoms with van der Waals surface area (Å²) in [6.07, 6.45) is 2.67. The van der Waals surface area contributed by atoms with Gasteiger partial charge in [-0.2, -0.15) is 0 Å². The van der Waals surface area contributed by atoms with Crippen LogP contribution in [0.25, 0.3) is 0 Å². The van der Waals surface area contributed by atoms with Crippen molar-refractivity contribution in [2.45, 2.75) is 45.2 Å². The molecule has 114 valence electrons. The van der Waals surface area contributed by atoms with Crippen molar-refractivity contribution in [1.82, 2.24) is 4.90 Å². The number of amides is 2. The molecule has 1 N–H and O–H groups in total. The van der Waals surface area contributed by atoms with Gasteiger partial charge in [0.1, 0.15) is 11.6 Å². The topological polar surface area (TPSA) is 49.4 Å². The molecular weight excluding hydrogens is 278 g/mol. The lowest BCUT2D eigenvalue weighted by Gasteiger charge is -2.38. The van der Waals surface area contributed by atoms with Crippen molar-refractivity contribution in [3.63, 3.8) is 0 Å². The number of hydrogen-bond acceptors (Lipinski definition) is 2. The van der Waals surface area contributed by atoms with Crippen LogP contribution >= 0.6 is 0 Å². The maximum Gasteiger partial charge on any atom is 0.314 e. The van der Waals surface area contributed by atoms with Crippen molar-refractivity contribution in [3.05, 3.63) is 29.8 Å². The standard InChI is InChI=1S/C15H18F2N2O2/c1-9-4-3-5-10(2)19(9)15(21)14(20)18-13-8-11(16)6-7-12(13)17/h6-10H,3-5H2,1-2H3,(H,18,20). The smallest absolute Gasteiger partial charge is 0.314 e. The van der Waals surface area contributed by atoms with Gasteiger partial charge in [0.15, 0.2) is 0 Å². The zero-order valence-electron chi connectivity index (χ0n) is 12.0. The fraction of sp³-hybridized carbons (Fsp3) is 0.467. The Morgan fingerprint density at radius 3 is 2.43 bits per heavy atom. The molecule has 0 spiro atoms. The molecule has 0 aliphatic carbocycles. The van der Waals surface area contributed by atoms with Crippen molar-refractivity contribution >= 4 is 17.5 Å². The molecule has 1 fully saturated rings. The van der Waals surface area contributed by atoms with Crippen molar-refractivity contribution in [3.8, 4) is 0 Å². The third-order valence-electron chi connectivity index (χ3n) is 3.80. The maximum atomic E-state index is 13.5. The van der Waals surface area contributed by atoms with Gasteiger partial charge in [0.05, 0.1) is 5.69 Å². The molecular formula is C15H18F2N2O2. The maximum absolute atomic E-state index is 13.5. The van der Waals surface area contributed by atoms with Crippen molar-refractivity contribution in [1.29, 1.82) is 0 Å². The minimum atomic E-state index is -0.944. The van der Waals surface area contributed by atoms with Gasteiger partial charge in [-0.1, -0.05) is 0 Å². The van der Waals surface area contributed by atoms with E-state index in [1.54, 1.807) is 0 Å². The molecule has 2 unspecified atom stereocenters. The number of nitrogens with zero attached hydrogens (tertiary/aromatic N) is 1. The largest absolute Gasteiger partial charge is 0.329 e. The van der Waals surface area contributed by atoms with Crippen molar-refractivity contribution in [2.75, 3.05) is 5.32 Å². The minimum Gasteiger partial charge on any atom is -0.329 e. The number of benzene rings is 1. The molecule has 1 aliphatic heterocycles. The van der Waals surface area contributed by atoms with E-state index >= 15 is 0 Å². The van der Waals surface area contributed by atoms with E-state index in [4.69, 9.17) is 0 Å². The van der Waals surface area contributed by atoms with Crippen molar-refractivity contribution in [2.24, 2.45) is 0 Å². The third-order valence-corrected chi connectivity index (χ3v) is 3.80. The summed E-state index contributed by atoms with van der Waals surface area (Å²) in [5.41, 5.74) is -0.328. The van der Waals surface area contributed by atoms with Crippen LogP contribution in [0.4, 0.5) is 14.5 Å². The highest BCUT2D eigenvalue weighted by atomic mass is 19.1. The van der Waals surface area contributed by atoms with Gasteiger partial charge in [-0.05, 0) is 45.2 Å². The molecule has 0 saturated carbocycles. The zero-order valence-corrected chi connectivity index (χ0v) is 12.0. The summed E-state index contributed by atoms with van der Waals surface area (Å²) < 4.78 is 26.5. The summed E-state index contributed by atoms with van der Waals surface area (Å²) in [6.45, 7) is 3.76. The number of hydrogen-bond donors (Lipinski definition) is 1. The van der Waals surface area contributed by atoms with E-state index in [1.807, 2.05) is 13.8 Å². The first-order valence-electron chi connectivity index (χ1n) is 6.99. The second kappa shape index (κ2) is 6.20. The summed E-state index contributed by atoms with van der Waals surface area (Å²) in [5.74, 6) is -3.12. The van der Waals surface area contributed by atoms with Crippen LogP contribution in [-0.4, -0.2) is 28.8 Å². The Morgan fingerprint density at radius 1 is 1.19 bits per heavy atom. The average Bonchev–Trinajstić information content (AvgIpc) is 2.42. The lowest BCUT2D eigenvalue weighted by atomic mass is 9.97. The highest BCUT2D eigenvalue weighted by Crippen LogP contribution is 2.23. The average molecular weight is 296 g/mol. The lowest BCUT2D eigenvalue weighted by molar-refractivity contribution is -0.147. The van der Waals surface area contributed by atoms with Crippen LogP contribution in [0.3, 0.4) is 0 Å². The number of nitrogens with one attached hydrogen (secondary N) is 1. The molecule has 0 aromatic heterocycles. The number of likely N-dealkylation sites (tertiary alicyclic amines) is 1. The minimum absolute atomic E-state index is 0.0376. The highest BCUT2D eigenvalue weighted by molar-refractivity contribution is 6.39. The lowest BCUT2D eigenvalue weighted by Crippen LogP contribution is -2.51. The molecule has 2 rings (SSSR count). The summed E-state index contributed by atoms with van der Waals surface area (Å²) in [4.78, 5) is 25.7. The van der Waals surface area contributed by atoms with E-state index in [-0.39, 0.29) is 17.8 Å². The molecule has 1 heterocycles. The first kappa shape index (κ1) is 15.4. The van der Waals surface area contributed by atoms with Gasteiger partial charge in [-0.25, -0.2) is 8.78 Å². The number of anilines is 1. The first-order chi connectivity index (χ1) is 9.90. The van der Waals surface area contributed by atoms with Gasteiger partial charge in [0.2, 0.25) is 0 Å². The molecule has 0 radical (unpaired) electrons.